The number of aryl methyl sites for hydroxylation is 2. The molecular formula is C13H19N3O. The van der Waals surface area contributed by atoms with Gasteiger partial charge in [-0.3, -0.25) is 0 Å². The lowest BCUT2D eigenvalue weighted by atomic mass is 10.0. The predicted molar refractivity (Wildman–Crippen MR) is 67.8 cm³/mol. The summed E-state index contributed by atoms with van der Waals surface area (Å²) in [5, 5.41) is 12.1. The number of nitrogens with zero attached hydrogens (tertiary/aromatic N) is 2. The molecule has 0 bridgehead atoms. The van der Waals surface area contributed by atoms with E-state index in [1.165, 1.54) is 0 Å². The van der Waals surface area contributed by atoms with Crippen molar-refractivity contribution in [2.24, 2.45) is 7.05 Å². The maximum absolute atomic E-state index is 7.69. The van der Waals surface area contributed by atoms with Crippen LogP contribution in [0.4, 0.5) is 0 Å². The molecule has 17 heavy (non-hydrogen) atoms. The van der Waals surface area contributed by atoms with E-state index >= 15 is 0 Å². The van der Waals surface area contributed by atoms with Gasteiger partial charge in [0.05, 0.1) is 5.69 Å². The number of hydrogen-bond donors (Lipinski definition) is 1. The van der Waals surface area contributed by atoms with Crippen LogP contribution in [0.5, 0.6) is 5.88 Å². The van der Waals surface area contributed by atoms with Crippen LogP contribution in [-0.2, 0) is 13.5 Å². The number of aromatic nitrogens is 2. The van der Waals surface area contributed by atoms with Gasteiger partial charge in [-0.2, -0.15) is 5.10 Å². The van der Waals surface area contributed by atoms with Gasteiger partial charge in [-0.15, -0.1) is 0 Å². The first-order chi connectivity index (χ1) is 8.11. The maximum Gasteiger partial charge on any atom is 0.215 e. The lowest BCUT2D eigenvalue weighted by Crippen LogP contribution is -2.22. The summed E-state index contributed by atoms with van der Waals surface area (Å²) in [7, 11) is 1.90. The zero-order chi connectivity index (χ0) is 12.4. The third-order valence-corrected chi connectivity index (χ3v) is 3.07. The molecule has 1 atom stereocenters. The predicted octanol–water partition coefficient (Wildman–Crippen LogP) is 2.41. The average Bonchev–Trinajstić information content (AvgIpc) is 2.53. The van der Waals surface area contributed by atoms with E-state index < -0.39 is 0 Å². The minimum atomic E-state index is -0.0173. The Morgan fingerprint density at radius 2 is 2.35 bits per heavy atom. The minimum Gasteiger partial charge on any atom is -0.470 e. The van der Waals surface area contributed by atoms with E-state index in [4.69, 9.17) is 10.1 Å². The summed E-state index contributed by atoms with van der Waals surface area (Å²) in [6.07, 6.45) is 6.39. The smallest absolute Gasteiger partial charge is 0.215 e. The van der Waals surface area contributed by atoms with Crippen molar-refractivity contribution in [2.45, 2.75) is 39.2 Å². The SMILES string of the molecule is CCc1c(C)nn(C)c1OC1C=CCC(=N)C1. The zero-order valence-corrected chi connectivity index (χ0v) is 10.7. The monoisotopic (exact) mass is 233 g/mol. The molecule has 0 fully saturated rings. The van der Waals surface area contributed by atoms with Crippen LogP contribution < -0.4 is 4.74 Å². The average molecular weight is 233 g/mol. The van der Waals surface area contributed by atoms with Crippen LogP contribution in [0.2, 0.25) is 0 Å². The molecule has 0 spiro atoms. The minimum absolute atomic E-state index is 0.0173. The molecule has 1 heterocycles. The van der Waals surface area contributed by atoms with E-state index in [0.29, 0.717) is 6.42 Å². The normalized spacial score (nSPS) is 19.7. The lowest BCUT2D eigenvalue weighted by Gasteiger charge is -2.19. The van der Waals surface area contributed by atoms with Crippen LogP contribution in [0, 0.1) is 12.3 Å². The topological polar surface area (TPSA) is 50.9 Å². The zero-order valence-electron chi connectivity index (χ0n) is 10.7. The fraction of sp³-hybridized carbons (Fsp3) is 0.538. The van der Waals surface area contributed by atoms with Crippen molar-refractivity contribution < 1.29 is 4.74 Å². The second-order valence-electron chi connectivity index (χ2n) is 4.44. The highest BCUT2D eigenvalue weighted by molar-refractivity contribution is 5.84. The van der Waals surface area contributed by atoms with Gasteiger partial charge in [-0.25, -0.2) is 4.68 Å². The number of nitrogens with one attached hydrogen (secondary N) is 1. The third kappa shape index (κ3) is 2.40. The summed E-state index contributed by atoms with van der Waals surface area (Å²) >= 11 is 0. The Kier molecular flexibility index (Phi) is 3.31. The van der Waals surface area contributed by atoms with Crippen molar-refractivity contribution in [2.75, 3.05) is 0 Å². The summed E-state index contributed by atoms with van der Waals surface area (Å²) in [5.41, 5.74) is 2.92. The standard InChI is InChI=1S/C13H19N3O/c1-4-12-9(2)15-16(3)13(12)17-11-7-5-6-10(14)8-11/h5,7,11,14H,4,6,8H2,1-3H3. The van der Waals surface area contributed by atoms with Gasteiger partial charge in [0.25, 0.3) is 0 Å². The van der Waals surface area contributed by atoms with Crippen molar-refractivity contribution in [1.82, 2.24) is 9.78 Å². The summed E-state index contributed by atoms with van der Waals surface area (Å²) in [4.78, 5) is 0. The molecule has 2 rings (SSSR count). The van der Waals surface area contributed by atoms with Crippen LogP contribution in [0.1, 0.15) is 31.0 Å². The summed E-state index contributed by atoms with van der Waals surface area (Å²) < 4.78 is 7.76. The lowest BCUT2D eigenvalue weighted by molar-refractivity contribution is 0.230. The van der Waals surface area contributed by atoms with Crippen LogP contribution in [0.15, 0.2) is 12.2 Å². The van der Waals surface area contributed by atoms with Crippen LogP contribution >= 0.6 is 0 Å². The van der Waals surface area contributed by atoms with Gasteiger partial charge in [0.2, 0.25) is 5.88 Å². The van der Waals surface area contributed by atoms with Crippen molar-refractivity contribution >= 4 is 5.71 Å². The van der Waals surface area contributed by atoms with Crippen LogP contribution in [0.25, 0.3) is 0 Å². The molecule has 0 radical (unpaired) electrons. The molecule has 1 aromatic heterocycles. The third-order valence-electron chi connectivity index (χ3n) is 3.07. The van der Waals surface area contributed by atoms with Crippen LogP contribution in [0.3, 0.4) is 0 Å². The molecule has 4 heteroatoms. The number of ether oxygens (including phenoxy) is 1. The molecule has 0 saturated carbocycles. The van der Waals surface area contributed by atoms with E-state index in [9.17, 15) is 0 Å². The fourth-order valence-electron chi connectivity index (χ4n) is 2.22. The molecule has 4 nitrogen and oxygen atoms in total. The molecule has 1 aliphatic rings. The first-order valence-corrected chi connectivity index (χ1v) is 6.04. The second-order valence-corrected chi connectivity index (χ2v) is 4.44. The Labute approximate surface area is 102 Å². The highest BCUT2D eigenvalue weighted by Crippen LogP contribution is 2.24. The van der Waals surface area contributed by atoms with E-state index in [-0.39, 0.29) is 6.10 Å². The van der Waals surface area contributed by atoms with E-state index in [2.05, 4.69) is 12.0 Å². The van der Waals surface area contributed by atoms with Crippen molar-refractivity contribution in [3.8, 4) is 5.88 Å². The highest BCUT2D eigenvalue weighted by Gasteiger charge is 2.19. The molecule has 1 aromatic rings. The van der Waals surface area contributed by atoms with Crippen molar-refractivity contribution in [3.05, 3.63) is 23.4 Å². The molecule has 1 unspecified atom stereocenters. The Hall–Kier alpha value is -1.58. The van der Waals surface area contributed by atoms with Crippen molar-refractivity contribution in [1.29, 1.82) is 5.41 Å². The van der Waals surface area contributed by atoms with Crippen molar-refractivity contribution in [3.63, 3.8) is 0 Å². The quantitative estimate of drug-likeness (QED) is 0.815. The largest absolute Gasteiger partial charge is 0.470 e. The first kappa shape index (κ1) is 11.9. The Bertz CT molecular complexity index is 459. The van der Waals surface area contributed by atoms with E-state index in [1.54, 1.807) is 4.68 Å². The van der Waals surface area contributed by atoms with Gasteiger partial charge >= 0.3 is 0 Å². The number of rotatable bonds is 3. The van der Waals surface area contributed by atoms with E-state index in [1.807, 2.05) is 26.1 Å². The highest BCUT2D eigenvalue weighted by atomic mass is 16.5. The molecule has 92 valence electrons. The molecule has 1 aliphatic carbocycles. The summed E-state index contributed by atoms with van der Waals surface area (Å²) in [6, 6.07) is 0. The Morgan fingerprint density at radius 1 is 1.59 bits per heavy atom. The van der Waals surface area contributed by atoms with Crippen LogP contribution in [-0.4, -0.2) is 21.6 Å². The molecule has 0 saturated heterocycles. The number of allylic oxidation sites excluding steroid dienone is 1. The van der Waals surface area contributed by atoms with Gasteiger partial charge in [-0.1, -0.05) is 13.0 Å². The van der Waals surface area contributed by atoms with Gasteiger partial charge < -0.3 is 10.1 Å². The van der Waals surface area contributed by atoms with Gasteiger partial charge in [-0.05, 0) is 19.4 Å². The molecule has 0 amide bonds. The first-order valence-electron chi connectivity index (χ1n) is 6.04. The Morgan fingerprint density at radius 3 is 3.00 bits per heavy atom. The maximum atomic E-state index is 7.69. The molecule has 0 aliphatic heterocycles. The molecule has 0 aromatic carbocycles. The van der Waals surface area contributed by atoms with Gasteiger partial charge in [0.15, 0.2) is 0 Å². The summed E-state index contributed by atoms with van der Waals surface area (Å²) in [5.74, 6) is 0.842. The molecule has 1 N–H and O–H groups in total. The second kappa shape index (κ2) is 4.73. The summed E-state index contributed by atoms with van der Waals surface area (Å²) in [6.45, 7) is 4.11. The number of hydrogen-bond acceptors (Lipinski definition) is 3. The van der Waals surface area contributed by atoms with Gasteiger partial charge in [0, 0.05) is 31.2 Å². The van der Waals surface area contributed by atoms with Gasteiger partial charge in [0.1, 0.15) is 6.10 Å². The van der Waals surface area contributed by atoms with E-state index in [0.717, 1.165) is 35.7 Å². The molecular weight excluding hydrogens is 214 g/mol. The fourth-order valence-corrected chi connectivity index (χ4v) is 2.22. The Balaban J connectivity index is 2.21.